The molecular formula is C51H43N8O2Pt+. The molecule has 0 saturated heterocycles. The minimum absolute atomic E-state index is 0. The number of benzene rings is 5. The van der Waals surface area contributed by atoms with Crippen molar-refractivity contribution in [2.24, 2.45) is 0 Å². The van der Waals surface area contributed by atoms with Crippen LogP contribution in [0.3, 0.4) is 0 Å². The summed E-state index contributed by atoms with van der Waals surface area (Å²) in [4.78, 5) is 39.2. The Labute approximate surface area is 372 Å². The van der Waals surface area contributed by atoms with Crippen LogP contribution < -0.4 is 15.9 Å². The predicted octanol–water partition coefficient (Wildman–Crippen LogP) is 9.08. The maximum atomic E-state index is 15.0. The zero-order valence-corrected chi connectivity index (χ0v) is 37.4. The van der Waals surface area contributed by atoms with E-state index in [1.54, 1.807) is 32.0 Å². The van der Waals surface area contributed by atoms with Gasteiger partial charge in [-0.1, -0.05) is 120 Å². The Kier molecular flexibility index (Phi) is 9.94. The molecule has 5 aromatic carbocycles. The van der Waals surface area contributed by atoms with E-state index in [-0.39, 0.29) is 43.3 Å². The van der Waals surface area contributed by atoms with E-state index in [9.17, 15) is 4.79 Å². The summed E-state index contributed by atoms with van der Waals surface area (Å²) < 4.78 is 10.4. The molecule has 0 atom stereocenters. The number of imidazole rings is 3. The van der Waals surface area contributed by atoms with Crippen LogP contribution in [0.1, 0.15) is 52.7 Å². The molecule has 5 aromatic heterocycles. The van der Waals surface area contributed by atoms with Gasteiger partial charge in [-0.05, 0) is 82.2 Å². The van der Waals surface area contributed by atoms with Gasteiger partial charge in [-0.15, -0.1) is 6.07 Å². The van der Waals surface area contributed by atoms with Gasteiger partial charge in [0.2, 0.25) is 0 Å². The molecule has 0 N–H and O–H groups in total. The molecule has 0 saturated carbocycles. The summed E-state index contributed by atoms with van der Waals surface area (Å²) >= 11 is 0. The number of para-hydroxylation sites is 4. The van der Waals surface area contributed by atoms with Gasteiger partial charge < -0.3 is 4.57 Å². The predicted molar refractivity (Wildman–Crippen MR) is 240 cm³/mol. The Bertz CT molecular complexity index is 3390. The first-order valence-corrected chi connectivity index (χ1v) is 20.4. The second-order valence-corrected chi connectivity index (χ2v) is 17.4. The van der Waals surface area contributed by atoms with Gasteiger partial charge in [0.25, 0.3) is 6.33 Å². The summed E-state index contributed by atoms with van der Waals surface area (Å²) in [6.45, 7) is 13.4. The van der Waals surface area contributed by atoms with E-state index in [2.05, 4.69) is 93.8 Å². The number of hydrogen-bond donors (Lipinski definition) is 0. The van der Waals surface area contributed by atoms with Gasteiger partial charge >= 0.3 is 32.4 Å². The van der Waals surface area contributed by atoms with Crippen molar-refractivity contribution >= 4 is 33.4 Å². The maximum Gasteiger partial charge on any atom is 2.00 e. The molecule has 10 nitrogen and oxygen atoms in total. The molecule has 0 bridgehead atoms. The van der Waals surface area contributed by atoms with Crippen molar-refractivity contribution in [2.45, 2.75) is 52.4 Å². The van der Waals surface area contributed by atoms with Crippen LogP contribution in [-0.4, -0.2) is 32.8 Å². The summed E-state index contributed by atoms with van der Waals surface area (Å²) in [5, 5.41) is 0. The molecule has 0 aliphatic carbocycles. The summed E-state index contributed by atoms with van der Waals surface area (Å²) in [5.74, 6) is 0.412. The Morgan fingerprint density at radius 2 is 1.08 bits per heavy atom. The Hall–Kier alpha value is -6.90. The summed E-state index contributed by atoms with van der Waals surface area (Å²) in [7, 11) is 0. The normalized spacial score (nSPS) is 12.0. The van der Waals surface area contributed by atoms with Crippen LogP contribution in [-0.2, 0) is 31.9 Å². The minimum Gasteiger partial charge on any atom is -0.315 e. The standard InChI is InChI=1S/C51H43N8O2.Pt/c1-50(2,3)34-28-35(51(4,5)6)30-40(29-34)55-33-54(41-24-13-14-25-42(41)55)38-22-17-23-39(31-38)58-46-43(56(48(58)60)36-18-9-7-10-19-36)32-44-47(53-46)59(45-26-15-16-27-52-45)49(61)57(44)37-20-11-8-12-21-37;/h7-30,32H,1-6H3;/q-1;+2. The van der Waals surface area contributed by atoms with Gasteiger partial charge in [-0.25, -0.2) is 24.1 Å². The Morgan fingerprint density at radius 1 is 0.532 bits per heavy atom. The molecule has 308 valence electrons. The smallest absolute Gasteiger partial charge is 0.315 e. The quantitative estimate of drug-likeness (QED) is 0.123. The fourth-order valence-electron chi connectivity index (χ4n) is 8.02. The number of pyridine rings is 2. The molecule has 0 aliphatic heterocycles. The molecule has 0 radical (unpaired) electrons. The third-order valence-electron chi connectivity index (χ3n) is 11.2. The maximum absolute atomic E-state index is 15.0. The zero-order chi connectivity index (χ0) is 42.2. The van der Waals surface area contributed by atoms with Crippen molar-refractivity contribution in [1.29, 1.82) is 0 Å². The van der Waals surface area contributed by atoms with E-state index in [1.807, 2.05) is 108 Å². The molecule has 62 heavy (non-hydrogen) atoms. The van der Waals surface area contributed by atoms with Crippen LogP contribution in [0.4, 0.5) is 0 Å². The van der Waals surface area contributed by atoms with Gasteiger partial charge in [0, 0.05) is 6.20 Å². The van der Waals surface area contributed by atoms with Crippen molar-refractivity contribution in [3.8, 4) is 34.3 Å². The van der Waals surface area contributed by atoms with Crippen molar-refractivity contribution in [1.82, 2.24) is 32.8 Å². The Morgan fingerprint density at radius 3 is 1.68 bits per heavy atom. The number of fused-ring (bicyclic) bond motifs is 3. The largest absolute Gasteiger partial charge is 2.00 e. The molecule has 0 fully saturated rings. The zero-order valence-electron chi connectivity index (χ0n) is 35.1. The molecule has 10 aromatic rings. The van der Waals surface area contributed by atoms with Gasteiger partial charge in [-0.3, -0.25) is 18.3 Å². The molecule has 0 unspecified atom stereocenters. The second-order valence-electron chi connectivity index (χ2n) is 17.4. The molecule has 0 aliphatic rings. The van der Waals surface area contributed by atoms with Gasteiger partial charge in [0.1, 0.15) is 5.82 Å². The first-order valence-electron chi connectivity index (χ1n) is 20.4. The van der Waals surface area contributed by atoms with Crippen molar-refractivity contribution in [2.75, 3.05) is 0 Å². The molecule has 11 heteroatoms. The van der Waals surface area contributed by atoms with Crippen LogP contribution in [0.15, 0.2) is 161 Å². The first-order chi connectivity index (χ1) is 29.4. The van der Waals surface area contributed by atoms with Crippen LogP contribution >= 0.6 is 0 Å². The molecule has 5 heterocycles. The third-order valence-corrected chi connectivity index (χ3v) is 11.2. The molecular weight excluding hydrogens is 952 g/mol. The average molecular weight is 995 g/mol. The van der Waals surface area contributed by atoms with E-state index in [0.717, 1.165) is 16.7 Å². The van der Waals surface area contributed by atoms with Crippen LogP contribution in [0.2, 0.25) is 0 Å². The first kappa shape index (κ1) is 40.5. The van der Waals surface area contributed by atoms with Gasteiger partial charge in [0.15, 0.2) is 11.3 Å². The summed E-state index contributed by atoms with van der Waals surface area (Å²) in [6, 6.07) is 50.5. The van der Waals surface area contributed by atoms with Crippen LogP contribution in [0.25, 0.3) is 67.6 Å². The van der Waals surface area contributed by atoms with E-state index in [4.69, 9.17) is 4.98 Å². The fourth-order valence-corrected chi connectivity index (χ4v) is 8.02. The van der Waals surface area contributed by atoms with Crippen LogP contribution in [0.5, 0.6) is 0 Å². The van der Waals surface area contributed by atoms with Crippen molar-refractivity contribution in [3.63, 3.8) is 0 Å². The second kappa shape index (κ2) is 15.2. The van der Waals surface area contributed by atoms with E-state index < -0.39 is 0 Å². The topological polar surface area (TPSA) is 88.4 Å². The van der Waals surface area contributed by atoms with E-state index >= 15 is 4.79 Å². The van der Waals surface area contributed by atoms with Gasteiger partial charge in [0.05, 0.1) is 39.1 Å². The van der Waals surface area contributed by atoms with Crippen molar-refractivity contribution in [3.05, 3.63) is 196 Å². The summed E-state index contributed by atoms with van der Waals surface area (Å²) in [6.07, 6.45) is 5.31. The number of aromatic nitrogens is 8. The Balaban J connectivity index is 0.00000490. The SMILES string of the molecule is CC(C)(C)c1cc(-[n+]2[c-]n(-c3[c-]c(-n4c(=O)n(-c5ccccc5)c5cc6c(nc54)n(-c4ccccn4)c(=O)n6-c4ccccc4)ccc3)c3ccccc32)cc(C(C)(C)C)c1.[Pt+2]. The average Bonchev–Trinajstić information content (AvgIpc) is 3.89. The third kappa shape index (κ3) is 6.75. The molecule has 0 spiro atoms. The monoisotopic (exact) mass is 994 g/mol. The van der Waals surface area contributed by atoms with E-state index in [0.29, 0.717) is 50.9 Å². The molecule has 0 amide bonds. The van der Waals surface area contributed by atoms with E-state index in [1.165, 1.54) is 15.7 Å². The molecule has 10 rings (SSSR count). The minimum atomic E-state index is -0.335. The summed E-state index contributed by atoms with van der Waals surface area (Å²) in [5.41, 5.74) is 8.83. The fraction of sp³-hybridized carbons (Fsp3) is 0.157. The van der Waals surface area contributed by atoms with Crippen molar-refractivity contribution < 1.29 is 25.6 Å². The van der Waals surface area contributed by atoms with Crippen LogP contribution in [0, 0.1) is 12.4 Å². The number of hydrogen-bond acceptors (Lipinski definition) is 4. The van der Waals surface area contributed by atoms with Gasteiger partial charge in [-0.2, -0.15) is 18.2 Å². The number of rotatable bonds is 6. The number of nitrogens with zero attached hydrogens (tertiary/aromatic N) is 8.